The Hall–Kier alpha value is -2.12. The third kappa shape index (κ3) is 3.77. The molecule has 0 spiro atoms. The number of carbonyl (C=O) groups excluding carboxylic acids is 2. The topological polar surface area (TPSA) is 87.8 Å². The second-order valence-corrected chi connectivity index (χ2v) is 6.98. The van der Waals surface area contributed by atoms with Crippen molar-refractivity contribution in [1.82, 2.24) is 5.32 Å². The van der Waals surface area contributed by atoms with Crippen molar-refractivity contribution < 1.29 is 9.59 Å². The summed E-state index contributed by atoms with van der Waals surface area (Å²) in [5, 5.41) is 2.69. The highest BCUT2D eigenvalue weighted by atomic mass is 32.1. The van der Waals surface area contributed by atoms with Crippen LogP contribution < -0.4 is 16.0 Å². The average Bonchev–Trinajstić information content (AvgIpc) is 2.57. The smallest absolute Gasteiger partial charge is 0.251 e. The first-order chi connectivity index (χ1) is 12.0. The predicted molar refractivity (Wildman–Crippen MR) is 102 cm³/mol. The van der Waals surface area contributed by atoms with Crippen LogP contribution in [0.15, 0.2) is 29.3 Å². The molecule has 3 atom stereocenters. The van der Waals surface area contributed by atoms with Gasteiger partial charge in [-0.3, -0.25) is 19.5 Å². The van der Waals surface area contributed by atoms with Crippen LogP contribution in [0.2, 0.25) is 0 Å². The van der Waals surface area contributed by atoms with Crippen LogP contribution in [0.25, 0.3) is 0 Å². The number of hydrogen-bond donors (Lipinski definition) is 2. The zero-order valence-electron chi connectivity index (χ0n) is 14.1. The van der Waals surface area contributed by atoms with Gasteiger partial charge in [0.05, 0.1) is 11.7 Å². The molecule has 132 valence electrons. The van der Waals surface area contributed by atoms with E-state index in [1.54, 1.807) is 0 Å². The van der Waals surface area contributed by atoms with E-state index in [-0.39, 0.29) is 23.1 Å². The first-order valence-corrected chi connectivity index (χ1v) is 8.92. The van der Waals surface area contributed by atoms with Gasteiger partial charge in [-0.2, -0.15) is 0 Å². The Morgan fingerprint density at radius 2 is 1.92 bits per heavy atom. The number of anilines is 1. The van der Waals surface area contributed by atoms with E-state index in [0.717, 1.165) is 31.2 Å². The molecule has 6 nitrogen and oxygen atoms in total. The van der Waals surface area contributed by atoms with Crippen molar-refractivity contribution >= 4 is 41.0 Å². The summed E-state index contributed by atoms with van der Waals surface area (Å²) in [6.45, 7) is 1.96. The monoisotopic (exact) mass is 358 g/mol. The van der Waals surface area contributed by atoms with Gasteiger partial charge >= 0.3 is 0 Å². The highest BCUT2D eigenvalue weighted by Gasteiger charge is 2.38. The maximum Gasteiger partial charge on any atom is 0.251 e. The van der Waals surface area contributed by atoms with Crippen LogP contribution >= 0.6 is 12.2 Å². The third-order valence-corrected chi connectivity index (χ3v) is 4.99. The van der Waals surface area contributed by atoms with E-state index in [1.807, 2.05) is 31.2 Å². The van der Waals surface area contributed by atoms with E-state index in [0.29, 0.717) is 5.69 Å². The van der Waals surface area contributed by atoms with Crippen LogP contribution in [0.1, 0.15) is 31.2 Å². The predicted octanol–water partition coefficient (Wildman–Crippen LogP) is 1.70. The number of thiocarbonyl (C=S) groups is 1. The second-order valence-electron chi connectivity index (χ2n) is 6.60. The molecule has 0 aromatic heterocycles. The highest BCUT2D eigenvalue weighted by molar-refractivity contribution is 7.80. The van der Waals surface area contributed by atoms with E-state index >= 15 is 0 Å². The molecular weight excluding hydrogens is 336 g/mol. The zero-order valence-corrected chi connectivity index (χ0v) is 15.0. The molecule has 1 aromatic carbocycles. The summed E-state index contributed by atoms with van der Waals surface area (Å²) in [5.74, 6) is -1.81. The van der Waals surface area contributed by atoms with Crippen molar-refractivity contribution in [1.29, 1.82) is 0 Å². The number of amides is 2. The normalized spacial score (nSPS) is 27.7. The summed E-state index contributed by atoms with van der Waals surface area (Å²) in [6, 6.07) is 7.36. The van der Waals surface area contributed by atoms with Gasteiger partial charge in [0.2, 0.25) is 5.91 Å². The fourth-order valence-corrected chi connectivity index (χ4v) is 3.48. The molecule has 1 saturated carbocycles. The lowest BCUT2D eigenvalue weighted by atomic mass is 9.91. The molecule has 1 aliphatic carbocycles. The second kappa shape index (κ2) is 7.41. The lowest BCUT2D eigenvalue weighted by Gasteiger charge is -2.31. The van der Waals surface area contributed by atoms with Crippen LogP contribution in [0, 0.1) is 12.8 Å². The molecule has 1 aliphatic heterocycles. The number of nitrogens with zero attached hydrogens (tertiary/aromatic N) is 2. The number of nitrogens with one attached hydrogen (secondary N) is 1. The summed E-state index contributed by atoms with van der Waals surface area (Å²) in [4.78, 5) is 30.9. The minimum Gasteiger partial charge on any atom is -0.326 e. The molecule has 1 saturated heterocycles. The molecule has 25 heavy (non-hydrogen) atoms. The van der Waals surface area contributed by atoms with Crippen molar-refractivity contribution in [2.45, 2.75) is 44.7 Å². The fourth-order valence-electron chi connectivity index (χ4n) is 3.18. The number of benzene rings is 1. The number of aliphatic imine (C=N–C) groups is 1. The molecule has 2 amide bonds. The van der Waals surface area contributed by atoms with Crippen LogP contribution in [0.4, 0.5) is 5.69 Å². The Balaban J connectivity index is 1.81. The molecule has 2 fully saturated rings. The van der Waals surface area contributed by atoms with Crippen molar-refractivity contribution in [3.8, 4) is 0 Å². The number of nitrogens with two attached hydrogens (primary N) is 1. The SMILES string of the molecule is Cc1ccc(N2C(=O)[C@H](C=N[C@H]3CCCC[C@H]3N)C(=O)NC2=S)cc1. The summed E-state index contributed by atoms with van der Waals surface area (Å²) in [7, 11) is 0. The molecule has 1 heterocycles. The van der Waals surface area contributed by atoms with Crippen LogP contribution in [-0.2, 0) is 9.59 Å². The van der Waals surface area contributed by atoms with Gasteiger partial charge in [0.25, 0.3) is 5.91 Å². The standard InChI is InChI=1S/C18H22N4O2S/c1-11-6-8-12(9-7-11)22-17(24)13(16(23)21-18(22)25)10-20-15-5-3-2-4-14(15)19/h6-10,13-15H,2-5,19H2,1H3,(H,21,23,25)/t13-,14-,15+/m1/s1. The molecule has 0 unspecified atom stereocenters. The molecule has 2 aliphatic rings. The van der Waals surface area contributed by atoms with E-state index < -0.39 is 11.8 Å². The van der Waals surface area contributed by atoms with Gasteiger partial charge in [0.15, 0.2) is 11.0 Å². The van der Waals surface area contributed by atoms with Gasteiger partial charge in [0, 0.05) is 12.3 Å². The first-order valence-electron chi connectivity index (χ1n) is 8.51. The van der Waals surface area contributed by atoms with Crippen LogP contribution in [0.3, 0.4) is 0 Å². The lowest BCUT2D eigenvalue weighted by Crippen LogP contribution is -2.58. The van der Waals surface area contributed by atoms with Gasteiger partial charge in [-0.15, -0.1) is 0 Å². The maximum absolute atomic E-state index is 12.8. The summed E-state index contributed by atoms with van der Waals surface area (Å²) in [6.07, 6.45) is 5.43. The Bertz CT molecular complexity index is 716. The molecule has 1 aromatic rings. The Morgan fingerprint density at radius 3 is 2.60 bits per heavy atom. The molecular formula is C18H22N4O2S. The number of hydrogen-bond acceptors (Lipinski definition) is 5. The zero-order chi connectivity index (χ0) is 18.0. The molecule has 3 rings (SSSR count). The van der Waals surface area contributed by atoms with Gasteiger partial charge < -0.3 is 11.1 Å². The third-order valence-electron chi connectivity index (χ3n) is 4.70. The van der Waals surface area contributed by atoms with Gasteiger partial charge in [-0.1, -0.05) is 30.5 Å². The van der Waals surface area contributed by atoms with Crippen molar-refractivity contribution in [2.75, 3.05) is 4.90 Å². The molecule has 0 bridgehead atoms. The van der Waals surface area contributed by atoms with E-state index in [1.165, 1.54) is 11.1 Å². The van der Waals surface area contributed by atoms with Crippen molar-refractivity contribution in [2.24, 2.45) is 16.6 Å². The largest absolute Gasteiger partial charge is 0.326 e. The van der Waals surface area contributed by atoms with Crippen molar-refractivity contribution in [3.63, 3.8) is 0 Å². The Kier molecular flexibility index (Phi) is 5.24. The Labute approximate surface area is 152 Å². The molecule has 3 N–H and O–H groups in total. The van der Waals surface area contributed by atoms with Crippen molar-refractivity contribution in [3.05, 3.63) is 29.8 Å². The minimum absolute atomic E-state index is 0.0129. The number of aryl methyl sites for hydroxylation is 1. The number of carbonyl (C=O) groups is 2. The summed E-state index contributed by atoms with van der Waals surface area (Å²) >= 11 is 5.19. The average molecular weight is 358 g/mol. The van der Waals surface area contributed by atoms with E-state index in [2.05, 4.69) is 10.3 Å². The molecule has 7 heteroatoms. The minimum atomic E-state index is -0.984. The Morgan fingerprint density at radius 1 is 1.24 bits per heavy atom. The highest BCUT2D eigenvalue weighted by Crippen LogP contribution is 2.22. The van der Waals surface area contributed by atoms with E-state index in [4.69, 9.17) is 18.0 Å². The van der Waals surface area contributed by atoms with Crippen LogP contribution in [0.5, 0.6) is 0 Å². The van der Waals surface area contributed by atoms with Gasteiger partial charge in [0.1, 0.15) is 0 Å². The van der Waals surface area contributed by atoms with Gasteiger partial charge in [-0.25, -0.2) is 0 Å². The first kappa shape index (κ1) is 17.7. The summed E-state index contributed by atoms with van der Waals surface area (Å²) < 4.78 is 0. The van der Waals surface area contributed by atoms with Gasteiger partial charge in [-0.05, 0) is 44.1 Å². The lowest BCUT2D eigenvalue weighted by molar-refractivity contribution is -0.130. The fraction of sp³-hybridized carbons (Fsp3) is 0.444. The molecule has 0 radical (unpaired) electrons. The van der Waals surface area contributed by atoms with E-state index in [9.17, 15) is 9.59 Å². The van der Waals surface area contributed by atoms with Crippen LogP contribution in [-0.4, -0.2) is 35.2 Å². The quantitative estimate of drug-likeness (QED) is 0.489. The summed E-state index contributed by atoms with van der Waals surface area (Å²) in [5.41, 5.74) is 7.80. The number of rotatable bonds is 3. The maximum atomic E-state index is 12.8.